The molecular formula is C24H23N5O2S. The maximum Gasteiger partial charge on any atom is 0.272 e. The molecule has 3 heterocycles. The average molecular weight is 446 g/mol. The molecule has 1 aliphatic rings. The minimum absolute atomic E-state index is 0.109. The zero-order valence-corrected chi connectivity index (χ0v) is 18.5. The first kappa shape index (κ1) is 20.5. The number of fused-ring (bicyclic) bond motifs is 1. The number of nitrogens with zero attached hydrogens (tertiary/aromatic N) is 3. The molecule has 0 unspecified atom stereocenters. The molecule has 8 heteroatoms. The first-order valence-electron chi connectivity index (χ1n) is 10.8. The number of pyridine rings is 1. The van der Waals surface area contributed by atoms with E-state index in [1.54, 1.807) is 12.4 Å². The molecule has 0 atom stereocenters. The summed E-state index contributed by atoms with van der Waals surface area (Å²) in [7, 11) is 0. The third-order valence-corrected chi connectivity index (χ3v) is 7.13. The number of aromatic amines is 1. The number of carbonyl (C=O) groups excluding carboxylic acids is 1. The van der Waals surface area contributed by atoms with Crippen LogP contribution in [-0.2, 0) is 0 Å². The van der Waals surface area contributed by atoms with Gasteiger partial charge in [0, 0.05) is 40.2 Å². The summed E-state index contributed by atoms with van der Waals surface area (Å²) in [5.74, 6) is 0.152. The normalized spacial score (nSPS) is 18.5. The molecule has 0 saturated heterocycles. The van der Waals surface area contributed by atoms with Crippen LogP contribution >= 0.6 is 11.3 Å². The highest BCUT2D eigenvalue weighted by Gasteiger charge is 2.27. The van der Waals surface area contributed by atoms with Gasteiger partial charge in [-0.25, -0.2) is 10.1 Å². The predicted octanol–water partition coefficient (Wildman–Crippen LogP) is 4.21. The van der Waals surface area contributed by atoms with Gasteiger partial charge < -0.3 is 5.32 Å². The summed E-state index contributed by atoms with van der Waals surface area (Å²) in [6.07, 6.45) is 7.01. The fraction of sp³-hybridized carbons (Fsp3) is 0.292. The van der Waals surface area contributed by atoms with Crippen molar-refractivity contribution in [1.82, 2.24) is 25.5 Å². The number of thiazole rings is 1. The quantitative estimate of drug-likeness (QED) is 0.490. The highest BCUT2D eigenvalue weighted by Crippen LogP contribution is 2.34. The molecule has 2 N–H and O–H groups in total. The summed E-state index contributed by atoms with van der Waals surface area (Å²) in [6.45, 7) is 1.93. The smallest absolute Gasteiger partial charge is 0.272 e. The Morgan fingerprint density at radius 2 is 1.78 bits per heavy atom. The van der Waals surface area contributed by atoms with Crippen LogP contribution in [0.25, 0.3) is 21.3 Å². The number of aryl methyl sites for hydroxylation is 1. The lowest BCUT2D eigenvalue weighted by Gasteiger charge is -2.29. The maximum absolute atomic E-state index is 12.9. The second-order valence-corrected chi connectivity index (χ2v) is 9.37. The Bertz CT molecular complexity index is 1320. The van der Waals surface area contributed by atoms with Crippen LogP contribution in [0.4, 0.5) is 0 Å². The highest BCUT2D eigenvalue weighted by molar-refractivity contribution is 7.15. The average Bonchev–Trinajstić information content (AvgIpc) is 3.23. The number of hydrogen-bond acceptors (Lipinski definition) is 6. The third kappa shape index (κ3) is 3.93. The predicted molar refractivity (Wildman–Crippen MR) is 125 cm³/mol. The number of carbonyl (C=O) groups is 1. The van der Waals surface area contributed by atoms with Crippen LogP contribution in [0.5, 0.6) is 0 Å². The molecule has 1 fully saturated rings. The van der Waals surface area contributed by atoms with Gasteiger partial charge in [0.25, 0.3) is 11.5 Å². The second-order valence-electron chi connectivity index (χ2n) is 8.17. The van der Waals surface area contributed by atoms with Crippen molar-refractivity contribution >= 4 is 28.0 Å². The zero-order chi connectivity index (χ0) is 22.1. The molecule has 4 aromatic rings. The van der Waals surface area contributed by atoms with Crippen LogP contribution in [0.3, 0.4) is 0 Å². The largest absolute Gasteiger partial charge is 0.348 e. The molecular weight excluding hydrogens is 422 g/mol. The van der Waals surface area contributed by atoms with Crippen molar-refractivity contribution in [3.05, 3.63) is 75.4 Å². The zero-order valence-electron chi connectivity index (χ0n) is 17.7. The van der Waals surface area contributed by atoms with Gasteiger partial charge in [-0.05, 0) is 50.8 Å². The van der Waals surface area contributed by atoms with E-state index in [4.69, 9.17) is 0 Å². The van der Waals surface area contributed by atoms with Crippen LogP contribution in [0, 0.1) is 6.92 Å². The monoisotopic (exact) mass is 445 g/mol. The van der Waals surface area contributed by atoms with E-state index in [0.717, 1.165) is 52.2 Å². The van der Waals surface area contributed by atoms with Gasteiger partial charge in [0.2, 0.25) is 0 Å². The molecule has 0 radical (unpaired) electrons. The molecule has 1 aromatic carbocycles. The molecule has 7 nitrogen and oxygen atoms in total. The standard InChI is InChI=1S/C24H23N5O2S/c1-14-20(27-24(32-14)16-10-12-25-13-11-16)23(31)26-17-8-6-15(7-9-17)21-18-4-2-3-5-19(18)22(30)29-28-21/h2-5,10-13,15,17H,6-9H2,1H3,(H,26,31)(H,29,30). The minimum Gasteiger partial charge on any atom is -0.348 e. The maximum atomic E-state index is 12.9. The Morgan fingerprint density at radius 1 is 1.06 bits per heavy atom. The highest BCUT2D eigenvalue weighted by atomic mass is 32.1. The van der Waals surface area contributed by atoms with Crippen molar-refractivity contribution in [1.29, 1.82) is 0 Å². The van der Waals surface area contributed by atoms with Crippen molar-refractivity contribution in [2.24, 2.45) is 0 Å². The van der Waals surface area contributed by atoms with E-state index in [2.05, 4.69) is 25.5 Å². The minimum atomic E-state index is -0.157. The summed E-state index contributed by atoms with van der Waals surface area (Å²) in [5, 5.41) is 12.6. The molecule has 1 aliphatic carbocycles. The number of hydrogen-bond donors (Lipinski definition) is 2. The van der Waals surface area contributed by atoms with Gasteiger partial charge in [-0.15, -0.1) is 11.3 Å². The molecule has 1 amide bonds. The van der Waals surface area contributed by atoms with Gasteiger partial charge in [0.15, 0.2) is 0 Å². The Labute approximate surface area is 189 Å². The van der Waals surface area contributed by atoms with Gasteiger partial charge in [-0.3, -0.25) is 14.6 Å². The summed E-state index contributed by atoms with van der Waals surface area (Å²) in [5.41, 5.74) is 2.25. The van der Waals surface area contributed by atoms with E-state index >= 15 is 0 Å². The van der Waals surface area contributed by atoms with Crippen LogP contribution < -0.4 is 10.9 Å². The number of H-pyrrole nitrogens is 1. The first-order valence-corrected chi connectivity index (χ1v) is 11.6. The third-order valence-electron chi connectivity index (χ3n) is 6.11. The van der Waals surface area contributed by atoms with Gasteiger partial charge in [0.05, 0.1) is 11.1 Å². The van der Waals surface area contributed by atoms with Crippen molar-refractivity contribution in [2.75, 3.05) is 0 Å². The summed E-state index contributed by atoms with van der Waals surface area (Å²) in [6, 6.07) is 11.5. The number of benzene rings is 1. The number of nitrogens with one attached hydrogen (secondary N) is 2. The molecule has 32 heavy (non-hydrogen) atoms. The molecule has 3 aromatic heterocycles. The summed E-state index contributed by atoms with van der Waals surface area (Å²) >= 11 is 1.52. The van der Waals surface area contributed by atoms with Gasteiger partial charge >= 0.3 is 0 Å². The lowest BCUT2D eigenvalue weighted by atomic mass is 9.82. The van der Waals surface area contributed by atoms with Crippen molar-refractivity contribution in [3.63, 3.8) is 0 Å². The molecule has 0 aliphatic heterocycles. The van der Waals surface area contributed by atoms with Gasteiger partial charge in [0.1, 0.15) is 10.7 Å². The molecule has 162 valence electrons. The van der Waals surface area contributed by atoms with E-state index in [1.165, 1.54) is 11.3 Å². The fourth-order valence-corrected chi connectivity index (χ4v) is 5.35. The molecule has 0 spiro atoms. The number of amides is 1. The van der Waals surface area contributed by atoms with E-state index in [0.29, 0.717) is 11.1 Å². The lowest BCUT2D eigenvalue weighted by molar-refractivity contribution is 0.0921. The van der Waals surface area contributed by atoms with E-state index in [-0.39, 0.29) is 23.4 Å². The van der Waals surface area contributed by atoms with Crippen molar-refractivity contribution in [2.45, 2.75) is 44.6 Å². The molecule has 1 saturated carbocycles. The van der Waals surface area contributed by atoms with Crippen molar-refractivity contribution in [3.8, 4) is 10.6 Å². The van der Waals surface area contributed by atoms with Crippen LogP contribution in [-0.4, -0.2) is 32.1 Å². The van der Waals surface area contributed by atoms with Gasteiger partial charge in [-0.1, -0.05) is 18.2 Å². The Hall–Kier alpha value is -3.39. The SMILES string of the molecule is Cc1sc(-c2ccncc2)nc1C(=O)NC1CCC(c2n[nH]c(=O)c3ccccc23)CC1. The Balaban J connectivity index is 1.26. The number of aromatic nitrogens is 4. The Kier molecular flexibility index (Phi) is 5.53. The van der Waals surface area contributed by atoms with Crippen LogP contribution in [0.15, 0.2) is 53.6 Å². The second kappa shape index (κ2) is 8.63. The van der Waals surface area contributed by atoms with E-state index in [1.807, 2.05) is 43.3 Å². The number of rotatable bonds is 4. The van der Waals surface area contributed by atoms with Gasteiger partial charge in [-0.2, -0.15) is 5.10 Å². The van der Waals surface area contributed by atoms with E-state index < -0.39 is 0 Å². The fourth-order valence-electron chi connectivity index (χ4n) is 4.44. The first-order chi connectivity index (χ1) is 15.6. The van der Waals surface area contributed by atoms with E-state index in [9.17, 15) is 9.59 Å². The molecule has 0 bridgehead atoms. The topological polar surface area (TPSA) is 101 Å². The lowest BCUT2D eigenvalue weighted by Crippen LogP contribution is -2.38. The van der Waals surface area contributed by atoms with Crippen molar-refractivity contribution < 1.29 is 4.79 Å². The Morgan fingerprint density at radius 3 is 2.53 bits per heavy atom. The molecule has 5 rings (SSSR count). The van der Waals surface area contributed by atoms with Crippen LogP contribution in [0.2, 0.25) is 0 Å². The summed E-state index contributed by atoms with van der Waals surface area (Å²) in [4.78, 5) is 34.5. The summed E-state index contributed by atoms with van der Waals surface area (Å²) < 4.78 is 0. The van der Waals surface area contributed by atoms with Crippen LogP contribution in [0.1, 0.15) is 52.7 Å².